The number of aromatic nitrogens is 3. The molecule has 0 spiro atoms. The Labute approximate surface area is 367 Å². The zero-order valence-electron chi connectivity index (χ0n) is 34.0. The summed E-state index contributed by atoms with van der Waals surface area (Å²) >= 11 is 1.79. The van der Waals surface area contributed by atoms with Gasteiger partial charge in [0.1, 0.15) is 0 Å². The van der Waals surface area contributed by atoms with Gasteiger partial charge in [-0.25, -0.2) is 15.0 Å². The van der Waals surface area contributed by atoms with Crippen molar-refractivity contribution in [2.45, 2.75) is 0 Å². The van der Waals surface area contributed by atoms with Crippen LogP contribution in [0.1, 0.15) is 0 Å². The van der Waals surface area contributed by atoms with E-state index in [1.807, 2.05) is 0 Å². The highest BCUT2D eigenvalue weighted by Gasteiger charge is 2.20. The molecule has 0 aliphatic heterocycles. The SMILES string of the molecule is c1ccc(-c2ccc(-c3nc(-c4ccc5cc(-c6c7ccccc7cc7c6ccc6ccccc67)ccc5c4)nc(-c4cccc5c4sc4ccccc45)n3)c3ccccc23)cc1. The predicted octanol–water partition coefficient (Wildman–Crippen LogP) is 16.3. The molecule has 0 saturated carbocycles. The Hall–Kier alpha value is -8.05. The Kier molecular flexibility index (Phi) is 8.08. The summed E-state index contributed by atoms with van der Waals surface area (Å²) in [6.07, 6.45) is 0. The first-order valence-corrected chi connectivity index (χ1v) is 22.2. The topological polar surface area (TPSA) is 38.7 Å². The molecule has 0 radical (unpaired) electrons. The van der Waals surface area contributed by atoms with Crippen LogP contribution in [0.4, 0.5) is 0 Å². The van der Waals surface area contributed by atoms with Crippen LogP contribution in [-0.4, -0.2) is 15.0 Å². The van der Waals surface area contributed by atoms with Crippen molar-refractivity contribution in [3.05, 3.63) is 212 Å². The molecular formula is C59H35N3S. The van der Waals surface area contributed by atoms with E-state index in [0.29, 0.717) is 17.5 Å². The summed E-state index contributed by atoms with van der Waals surface area (Å²) in [4.78, 5) is 16.0. The molecule has 0 atom stereocenters. The first-order valence-electron chi connectivity index (χ1n) is 21.3. The summed E-state index contributed by atoms with van der Waals surface area (Å²) in [6, 6.07) is 76.5. The minimum atomic E-state index is 0.641. The van der Waals surface area contributed by atoms with E-state index in [4.69, 9.17) is 15.0 Å². The molecule has 3 nitrogen and oxygen atoms in total. The highest BCUT2D eigenvalue weighted by atomic mass is 32.1. The summed E-state index contributed by atoms with van der Waals surface area (Å²) in [5.74, 6) is 1.95. The largest absolute Gasteiger partial charge is 0.208 e. The van der Waals surface area contributed by atoms with Crippen LogP contribution < -0.4 is 0 Å². The van der Waals surface area contributed by atoms with Gasteiger partial charge in [0, 0.05) is 36.9 Å². The molecule has 292 valence electrons. The lowest BCUT2D eigenvalue weighted by Gasteiger charge is -2.15. The molecule has 2 aromatic heterocycles. The van der Waals surface area contributed by atoms with Gasteiger partial charge in [-0.15, -0.1) is 11.3 Å². The van der Waals surface area contributed by atoms with E-state index in [2.05, 4.69) is 212 Å². The van der Waals surface area contributed by atoms with Gasteiger partial charge in [-0.1, -0.05) is 176 Å². The number of rotatable bonds is 5. The first-order chi connectivity index (χ1) is 31.2. The summed E-state index contributed by atoms with van der Waals surface area (Å²) in [5.41, 5.74) is 7.72. The highest BCUT2D eigenvalue weighted by molar-refractivity contribution is 7.26. The van der Waals surface area contributed by atoms with Crippen molar-refractivity contribution in [3.63, 3.8) is 0 Å². The molecule has 13 rings (SSSR count). The average molecular weight is 818 g/mol. The Morgan fingerprint density at radius 3 is 1.68 bits per heavy atom. The number of nitrogens with zero attached hydrogens (tertiary/aromatic N) is 3. The lowest BCUT2D eigenvalue weighted by Crippen LogP contribution is -2.01. The minimum Gasteiger partial charge on any atom is -0.208 e. The van der Waals surface area contributed by atoms with E-state index in [-0.39, 0.29) is 0 Å². The monoisotopic (exact) mass is 817 g/mol. The van der Waals surface area contributed by atoms with E-state index in [1.54, 1.807) is 11.3 Å². The van der Waals surface area contributed by atoms with E-state index in [1.165, 1.54) is 74.7 Å². The molecule has 0 fully saturated rings. The van der Waals surface area contributed by atoms with Crippen molar-refractivity contribution in [2.75, 3.05) is 0 Å². The fourth-order valence-electron chi connectivity index (χ4n) is 9.70. The molecule has 2 heterocycles. The molecule has 0 aliphatic rings. The van der Waals surface area contributed by atoms with Crippen LogP contribution in [0, 0.1) is 0 Å². The number of hydrogen-bond donors (Lipinski definition) is 0. The standard InChI is InChI=1S/C59H35N3S/c1-2-13-36(14-3-1)44-31-32-51(47-20-9-8-19-46(44)47)58-60-57(61-59(62-58)52-23-12-22-50-48-21-10-11-24-54(48)63-56(50)52)42-28-26-38-33-41(27-25-39(38)34-42)55-45-18-7-5-16-40(45)35-53-43-17-6-4-15-37(43)29-30-49(53)55/h1-35H. The van der Waals surface area contributed by atoms with Crippen molar-refractivity contribution >= 4 is 85.4 Å². The molecule has 4 heteroatoms. The van der Waals surface area contributed by atoms with Crippen LogP contribution in [0.25, 0.3) is 130 Å². The number of hydrogen-bond acceptors (Lipinski definition) is 4. The molecule has 0 N–H and O–H groups in total. The van der Waals surface area contributed by atoms with Gasteiger partial charge in [-0.2, -0.15) is 0 Å². The van der Waals surface area contributed by atoms with Crippen LogP contribution in [0.5, 0.6) is 0 Å². The highest BCUT2D eigenvalue weighted by Crippen LogP contribution is 2.43. The Morgan fingerprint density at radius 2 is 0.857 bits per heavy atom. The summed E-state index contributed by atoms with van der Waals surface area (Å²) < 4.78 is 2.42. The Bertz CT molecular complexity index is 3980. The van der Waals surface area contributed by atoms with Crippen molar-refractivity contribution in [1.29, 1.82) is 0 Å². The van der Waals surface area contributed by atoms with E-state index in [9.17, 15) is 0 Å². The van der Waals surface area contributed by atoms with Crippen LogP contribution in [0.15, 0.2) is 212 Å². The molecule has 0 amide bonds. The summed E-state index contributed by atoms with van der Waals surface area (Å²) in [7, 11) is 0. The lowest BCUT2D eigenvalue weighted by molar-refractivity contribution is 1.08. The Balaban J connectivity index is 0.997. The third kappa shape index (κ3) is 5.84. The average Bonchev–Trinajstić information content (AvgIpc) is 3.74. The second kappa shape index (κ2) is 14.3. The van der Waals surface area contributed by atoms with Gasteiger partial charge >= 0.3 is 0 Å². The van der Waals surface area contributed by atoms with Crippen molar-refractivity contribution in [3.8, 4) is 56.4 Å². The van der Waals surface area contributed by atoms with Crippen molar-refractivity contribution in [2.24, 2.45) is 0 Å². The van der Waals surface area contributed by atoms with Gasteiger partial charge in [0.2, 0.25) is 0 Å². The van der Waals surface area contributed by atoms with Gasteiger partial charge in [0.25, 0.3) is 0 Å². The zero-order valence-corrected chi connectivity index (χ0v) is 34.8. The van der Waals surface area contributed by atoms with Gasteiger partial charge < -0.3 is 0 Å². The molecule has 0 aliphatic carbocycles. The van der Waals surface area contributed by atoms with Gasteiger partial charge in [0.05, 0.1) is 0 Å². The van der Waals surface area contributed by atoms with E-state index >= 15 is 0 Å². The van der Waals surface area contributed by atoms with Crippen LogP contribution in [0.2, 0.25) is 0 Å². The predicted molar refractivity (Wildman–Crippen MR) is 267 cm³/mol. The normalized spacial score (nSPS) is 11.8. The maximum Gasteiger partial charge on any atom is 0.165 e. The molecule has 0 bridgehead atoms. The first kappa shape index (κ1) is 35.7. The van der Waals surface area contributed by atoms with Gasteiger partial charge in [-0.3, -0.25) is 0 Å². The van der Waals surface area contributed by atoms with Gasteiger partial charge in [0.15, 0.2) is 17.5 Å². The van der Waals surface area contributed by atoms with Crippen molar-refractivity contribution in [1.82, 2.24) is 15.0 Å². The minimum absolute atomic E-state index is 0.641. The maximum absolute atomic E-state index is 5.33. The number of fused-ring (bicyclic) bond motifs is 9. The second-order valence-corrected chi connectivity index (χ2v) is 17.3. The molecule has 0 unspecified atom stereocenters. The fourth-order valence-corrected chi connectivity index (χ4v) is 10.9. The van der Waals surface area contributed by atoms with Crippen LogP contribution in [0.3, 0.4) is 0 Å². The van der Waals surface area contributed by atoms with Gasteiger partial charge in [-0.05, 0) is 113 Å². The second-order valence-electron chi connectivity index (χ2n) is 16.3. The molecular weight excluding hydrogens is 783 g/mol. The van der Waals surface area contributed by atoms with Crippen molar-refractivity contribution < 1.29 is 0 Å². The lowest BCUT2D eigenvalue weighted by atomic mass is 9.89. The molecule has 0 saturated heterocycles. The molecule has 11 aromatic carbocycles. The molecule has 63 heavy (non-hydrogen) atoms. The van der Waals surface area contributed by atoms with Crippen LogP contribution >= 0.6 is 11.3 Å². The summed E-state index contributed by atoms with van der Waals surface area (Å²) in [5, 5.41) is 14.5. The third-order valence-corrected chi connectivity index (χ3v) is 13.9. The quantitative estimate of drug-likeness (QED) is 0.128. The van der Waals surface area contributed by atoms with E-state index in [0.717, 1.165) is 38.2 Å². The number of thiophene rings is 1. The smallest absolute Gasteiger partial charge is 0.165 e. The fraction of sp³-hybridized carbons (Fsp3) is 0. The zero-order chi connectivity index (χ0) is 41.4. The third-order valence-electron chi connectivity index (χ3n) is 12.7. The van der Waals surface area contributed by atoms with E-state index < -0.39 is 0 Å². The Morgan fingerprint density at radius 1 is 0.270 bits per heavy atom. The molecule has 13 aromatic rings. The maximum atomic E-state index is 5.33. The summed E-state index contributed by atoms with van der Waals surface area (Å²) in [6.45, 7) is 0. The van der Waals surface area contributed by atoms with Crippen LogP contribution in [-0.2, 0) is 0 Å². The number of benzene rings is 11.